The lowest BCUT2D eigenvalue weighted by Crippen LogP contribution is -2.23. The van der Waals surface area contributed by atoms with Crippen LogP contribution < -0.4 is 5.32 Å². The normalized spacial score (nSPS) is 11.0. The fraction of sp³-hybridized carbons (Fsp3) is 0.538. The summed E-state index contributed by atoms with van der Waals surface area (Å²) >= 11 is 0. The van der Waals surface area contributed by atoms with Crippen molar-refractivity contribution < 1.29 is 4.92 Å². The van der Waals surface area contributed by atoms with Crippen molar-refractivity contribution in [3.8, 4) is 0 Å². The van der Waals surface area contributed by atoms with Gasteiger partial charge in [-0.1, -0.05) is 13.8 Å². The lowest BCUT2D eigenvalue weighted by molar-refractivity contribution is -0.384. The number of hydrogen-bond donors (Lipinski definition) is 1. The summed E-state index contributed by atoms with van der Waals surface area (Å²) in [5.74, 6) is 0.576. The van der Waals surface area contributed by atoms with E-state index in [0.29, 0.717) is 12.5 Å². The minimum Gasteiger partial charge on any atom is -0.388 e. The molecule has 1 rings (SSSR count). The second kappa shape index (κ2) is 6.35. The van der Waals surface area contributed by atoms with E-state index in [9.17, 15) is 10.1 Å². The molecule has 0 heterocycles. The van der Waals surface area contributed by atoms with Gasteiger partial charge in [0.15, 0.2) is 0 Å². The van der Waals surface area contributed by atoms with Gasteiger partial charge in [-0.2, -0.15) is 0 Å². The van der Waals surface area contributed by atoms with Crippen LogP contribution in [0.25, 0.3) is 0 Å². The largest absolute Gasteiger partial charge is 0.388 e. The Bertz CT molecular complexity index is 419. The third kappa shape index (κ3) is 4.00. The molecule has 1 aromatic rings. The Morgan fingerprint density at radius 2 is 2.11 bits per heavy atom. The van der Waals surface area contributed by atoms with Crippen molar-refractivity contribution in [1.82, 2.24) is 4.90 Å². The van der Waals surface area contributed by atoms with Crippen LogP contribution in [0.1, 0.15) is 19.4 Å². The quantitative estimate of drug-likeness (QED) is 0.624. The average molecular weight is 251 g/mol. The van der Waals surface area contributed by atoms with Crippen LogP contribution in [0.4, 0.5) is 11.4 Å². The molecule has 0 bridgehead atoms. The van der Waals surface area contributed by atoms with Gasteiger partial charge < -0.3 is 10.2 Å². The molecule has 0 fully saturated rings. The van der Waals surface area contributed by atoms with Crippen molar-refractivity contribution in [1.29, 1.82) is 0 Å². The standard InChI is InChI=1S/C13H21N3O2/c1-10(2)8-15(4)9-11-7-12(16(17)18)5-6-13(11)14-3/h5-7,10,14H,8-9H2,1-4H3. The summed E-state index contributed by atoms with van der Waals surface area (Å²) < 4.78 is 0. The lowest BCUT2D eigenvalue weighted by atomic mass is 10.1. The second-order valence-corrected chi connectivity index (χ2v) is 4.94. The van der Waals surface area contributed by atoms with Crippen molar-refractivity contribution in [2.45, 2.75) is 20.4 Å². The fourth-order valence-electron chi connectivity index (χ4n) is 2.05. The van der Waals surface area contributed by atoms with Gasteiger partial charge in [-0.15, -0.1) is 0 Å². The third-order valence-corrected chi connectivity index (χ3v) is 2.69. The van der Waals surface area contributed by atoms with E-state index >= 15 is 0 Å². The number of hydrogen-bond acceptors (Lipinski definition) is 4. The summed E-state index contributed by atoms with van der Waals surface area (Å²) in [5, 5.41) is 13.9. The van der Waals surface area contributed by atoms with Crippen LogP contribution in [-0.4, -0.2) is 30.5 Å². The molecule has 0 spiro atoms. The van der Waals surface area contributed by atoms with Crippen LogP contribution in [-0.2, 0) is 6.54 Å². The predicted octanol–water partition coefficient (Wildman–Crippen LogP) is 2.72. The van der Waals surface area contributed by atoms with Gasteiger partial charge in [0.25, 0.3) is 5.69 Å². The highest BCUT2D eigenvalue weighted by atomic mass is 16.6. The molecule has 0 amide bonds. The molecule has 0 atom stereocenters. The minimum atomic E-state index is -0.356. The molecule has 0 saturated heterocycles. The number of nitro groups is 1. The smallest absolute Gasteiger partial charge is 0.269 e. The van der Waals surface area contributed by atoms with Crippen LogP contribution >= 0.6 is 0 Å². The maximum Gasteiger partial charge on any atom is 0.269 e. The zero-order chi connectivity index (χ0) is 13.7. The molecule has 1 N–H and O–H groups in total. The van der Waals surface area contributed by atoms with E-state index in [1.54, 1.807) is 12.1 Å². The summed E-state index contributed by atoms with van der Waals surface area (Å²) in [6.07, 6.45) is 0. The van der Waals surface area contributed by atoms with Gasteiger partial charge in [0.1, 0.15) is 0 Å². The van der Waals surface area contributed by atoms with Gasteiger partial charge in [0, 0.05) is 38.0 Å². The van der Waals surface area contributed by atoms with Crippen molar-refractivity contribution in [3.05, 3.63) is 33.9 Å². The SMILES string of the molecule is CNc1ccc([N+](=O)[O-])cc1CN(C)CC(C)C. The number of nitrogens with zero attached hydrogens (tertiary/aromatic N) is 2. The van der Waals surface area contributed by atoms with E-state index in [1.807, 2.05) is 14.1 Å². The first-order valence-corrected chi connectivity index (χ1v) is 6.07. The Morgan fingerprint density at radius 3 is 2.61 bits per heavy atom. The molecule has 100 valence electrons. The summed E-state index contributed by atoms with van der Waals surface area (Å²) in [7, 11) is 3.85. The number of non-ortho nitro benzene ring substituents is 1. The van der Waals surface area contributed by atoms with E-state index in [0.717, 1.165) is 17.8 Å². The Morgan fingerprint density at radius 1 is 1.44 bits per heavy atom. The molecule has 0 saturated carbocycles. The van der Waals surface area contributed by atoms with Crippen molar-refractivity contribution in [3.63, 3.8) is 0 Å². The number of nitrogens with one attached hydrogen (secondary N) is 1. The first kappa shape index (κ1) is 14.4. The maximum absolute atomic E-state index is 10.8. The van der Waals surface area contributed by atoms with Crippen molar-refractivity contribution in [2.75, 3.05) is 26.0 Å². The topological polar surface area (TPSA) is 58.4 Å². The zero-order valence-corrected chi connectivity index (χ0v) is 11.4. The van der Waals surface area contributed by atoms with Crippen molar-refractivity contribution >= 4 is 11.4 Å². The number of anilines is 1. The van der Waals surface area contributed by atoms with Crippen LogP contribution in [0, 0.1) is 16.0 Å². The molecule has 0 aliphatic rings. The van der Waals surface area contributed by atoms with Crippen LogP contribution in [0.2, 0.25) is 0 Å². The third-order valence-electron chi connectivity index (χ3n) is 2.69. The van der Waals surface area contributed by atoms with Crippen LogP contribution in [0.15, 0.2) is 18.2 Å². The van der Waals surface area contributed by atoms with Gasteiger partial charge in [-0.05, 0) is 24.6 Å². The summed E-state index contributed by atoms with van der Waals surface area (Å²) in [6.45, 7) is 5.98. The first-order chi connectivity index (χ1) is 8.43. The van der Waals surface area contributed by atoms with E-state index in [-0.39, 0.29) is 10.6 Å². The van der Waals surface area contributed by atoms with Gasteiger partial charge in [-0.3, -0.25) is 10.1 Å². The molecule has 18 heavy (non-hydrogen) atoms. The molecule has 0 aliphatic heterocycles. The predicted molar refractivity (Wildman–Crippen MR) is 73.8 cm³/mol. The summed E-state index contributed by atoms with van der Waals surface area (Å²) in [6, 6.07) is 4.93. The molecule has 0 unspecified atom stereocenters. The number of benzene rings is 1. The highest BCUT2D eigenvalue weighted by Crippen LogP contribution is 2.23. The molecule has 0 radical (unpaired) electrons. The van der Waals surface area contributed by atoms with E-state index in [1.165, 1.54) is 6.07 Å². The highest BCUT2D eigenvalue weighted by molar-refractivity contribution is 5.55. The van der Waals surface area contributed by atoms with Gasteiger partial charge in [0.05, 0.1) is 4.92 Å². The Labute approximate surface area is 108 Å². The van der Waals surface area contributed by atoms with Gasteiger partial charge >= 0.3 is 0 Å². The minimum absolute atomic E-state index is 0.141. The Kier molecular flexibility index (Phi) is 5.09. The van der Waals surface area contributed by atoms with Gasteiger partial charge in [0.2, 0.25) is 0 Å². The van der Waals surface area contributed by atoms with Crippen molar-refractivity contribution in [2.24, 2.45) is 5.92 Å². The van der Waals surface area contributed by atoms with E-state index < -0.39 is 0 Å². The molecule has 1 aromatic carbocycles. The van der Waals surface area contributed by atoms with Crippen LogP contribution in [0.3, 0.4) is 0 Å². The van der Waals surface area contributed by atoms with Crippen LogP contribution in [0.5, 0.6) is 0 Å². The van der Waals surface area contributed by atoms with E-state index in [2.05, 4.69) is 24.1 Å². The molecule has 5 heteroatoms. The molecular weight excluding hydrogens is 230 g/mol. The molecule has 0 aromatic heterocycles. The Hall–Kier alpha value is -1.62. The highest BCUT2D eigenvalue weighted by Gasteiger charge is 2.12. The molecular formula is C13H21N3O2. The summed E-state index contributed by atoms with van der Waals surface area (Å²) in [5.41, 5.74) is 2.04. The second-order valence-electron chi connectivity index (χ2n) is 4.94. The average Bonchev–Trinajstić information content (AvgIpc) is 2.27. The lowest BCUT2D eigenvalue weighted by Gasteiger charge is -2.20. The summed E-state index contributed by atoms with van der Waals surface area (Å²) in [4.78, 5) is 12.6. The number of nitro benzene ring substituents is 1. The first-order valence-electron chi connectivity index (χ1n) is 6.07. The monoisotopic (exact) mass is 251 g/mol. The fourth-order valence-corrected chi connectivity index (χ4v) is 2.05. The number of rotatable bonds is 6. The molecule has 0 aliphatic carbocycles. The Balaban J connectivity index is 2.90. The zero-order valence-electron chi connectivity index (χ0n) is 11.4. The van der Waals surface area contributed by atoms with E-state index in [4.69, 9.17) is 0 Å². The molecule has 5 nitrogen and oxygen atoms in total. The maximum atomic E-state index is 10.8. The van der Waals surface area contributed by atoms with Gasteiger partial charge in [-0.25, -0.2) is 0 Å².